The summed E-state index contributed by atoms with van der Waals surface area (Å²) in [5.74, 6) is 0.990. The number of methoxy groups -OCH3 is 2. The van der Waals surface area contributed by atoms with Crippen LogP contribution in [-0.2, 0) is 22.6 Å². The van der Waals surface area contributed by atoms with Crippen LogP contribution in [0.25, 0.3) is 0 Å². The van der Waals surface area contributed by atoms with Crippen molar-refractivity contribution in [1.82, 2.24) is 10.2 Å². The third-order valence-corrected chi connectivity index (χ3v) is 6.37. The van der Waals surface area contributed by atoms with Crippen molar-refractivity contribution in [3.8, 4) is 11.5 Å². The summed E-state index contributed by atoms with van der Waals surface area (Å²) in [6.07, 6.45) is 3.12. The number of hydrogen-bond acceptors (Lipinski definition) is 4. The van der Waals surface area contributed by atoms with E-state index in [0.29, 0.717) is 40.9 Å². The maximum Gasteiger partial charge on any atom is 0.242 e. The Morgan fingerprint density at radius 1 is 0.971 bits per heavy atom. The van der Waals surface area contributed by atoms with Crippen molar-refractivity contribution in [3.05, 3.63) is 57.6 Å². The highest BCUT2D eigenvalue weighted by atomic mass is 35.5. The normalized spacial score (nSPS) is 11.6. The quantitative estimate of drug-likeness (QED) is 0.354. The van der Waals surface area contributed by atoms with E-state index in [0.717, 1.165) is 24.0 Å². The molecule has 0 saturated heterocycles. The first-order valence-corrected chi connectivity index (χ1v) is 12.3. The van der Waals surface area contributed by atoms with E-state index < -0.39 is 6.04 Å². The highest BCUT2D eigenvalue weighted by molar-refractivity contribution is 6.42. The average Bonchev–Trinajstić information content (AvgIpc) is 2.84. The molecule has 34 heavy (non-hydrogen) atoms. The monoisotopic (exact) mass is 508 g/mol. The number of halogens is 2. The molecule has 1 atom stereocenters. The molecular weight excluding hydrogens is 475 g/mol. The van der Waals surface area contributed by atoms with Crippen LogP contribution >= 0.6 is 23.2 Å². The minimum absolute atomic E-state index is 0.113. The fourth-order valence-corrected chi connectivity index (χ4v) is 4.01. The third-order valence-electron chi connectivity index (χ3n) is 5.63. The average molecular weight is 509 g/mol. The fraction of sp³-hybridized carbons (Fsp3) is 0.462. The molecule has 0 heterocycles. The molecule has 2 rings (SSSR count). The predicted molar refractivity (Wildman–Crippen MR) is 137 cm³/mol. The van der Waals surface area contributed by atoms with Gasteiger partial charge in [0.15, 0.2) is 11.5 Å². The van der Waals surface area contributed by atoms with Gasteiger partial charge in [0.1, 0.15) is 6.04 Å². The molecule has 0 spiro atoms. The molecule has 0 aliphatic rings. The molecule has 0 aliphatic carbocycles. The Morgan fingerprint density at radius 3 is 2.29 bits per heavy atom. The standard InChI is InChI=1S/C26H34Cl2N2O4/c1-5-7-14-29-26(32)22(6-2)30(17-19-8-11-20(27)21(28)15-19)25(31)13-10-18-9-12-23(33-3)24(16-18)34-4/h8-9,11-12,15-16,22H,5-7,10,13-14,17H2,1-4H3,(H,29,32)/t22-/m0/s1. The SMILES string of the molecule is CCCCNC(=O)[C@H](CC)N(Cc1ccc(Cl)c(Cl)c1)C(=O)CCc1ccc(OC)c(OC)c1. The Kier molecular flexibility index (Phi) is 11.5. The van der Waals surface area contributed by atoms with E-state index in [1.54, 1.807) is 31.3 Å². The van der Waals surface area contributed by atoms with Crippen molar-refractivity contribution < 1.29 is 19.1 Å². The van der Waals surface area contributed by atoms with E-state index in [9.17, 15) is 9.59 Å². The van der Waals surface area contributed by atoms with Crippen molar-refractivity contribution in [2.75, 3.05) is 20.8 Å². The lowest BCUT2D eigenvalue weighted by Crippen LogP contribution is -2.49. The van der Waals surface area contributed by atoms with Gasteiger partial charge in [-0.05, 0) is 54.7 Å². The number of ether oxygens (including phenoxy) is 2. The van der Waals surface area contributed by atoms with Crippen molar-refractivity contribution >= 4 is 35.0 Å². The van der Waals surface area contributed by atoms with Gasteiger partial charge in [0.05, 0.1) is 24.3 Å². The minimum Gasteiger partial charge on any atom is -0.493 e. The number of nitrogens with zero attached hydrogens (tertiary/aromatic N) is 1. The van der Waals surface area contributed by atoms with E-state index in [1.165, 1.54) is 0 Å². The van der Waals surface area contributed by atoms with Gasteiger partial charge in [-0.3, -0.25) is 9.59 Å². The summed E-state index contributed by atoms with van der Waals surface area (Å²) in [5, 5.41) is 3.83. The number of carbonyl (C=O) groups excluding carboxylic acids is 2. The molecule has 186 valence electrons. The summed E-state index contributed by atoms with van der Waals surface area (Å²) in [6.45, 7) is 4.83. The summed E-state index contributed by atoms with van der Waals surface area (Å²) >= 11 is 12.3. The molecule has 1 N–H and O–H groups in total. The third kappa shape index (κ3) is 7.81. The van der Waals surface area contributed by atoms with Crippen molar-refractivity contribution in [1.29, 1.82) is 0 Å². The van der Waals surface area contributed by atoms with Crippen LogP contribution in [0.15, 0.2) is 36.4 Å². The fourth-order valence-electron chi connectivity index (χ4n) is 3.69. The van der Waals surface area contributed by atoms with E-state index in [4.69, 9.17) is 32.7 Å². The van der Waals surface area contributed by atoms with E-state index >= 15 is 0 Å². The van der Waals surface area contributed by atoms with Gasteiger partial charge < -0.3 is 19.7 Å². The van der Waals surface area contributed by atoms with Crippen LogP contribution in [0.1, 0.15) is 50.7 Å². The number of nitrogens with one attached hydrogen (secondary N) is 1. The van der Waals surface area contributed by atoms with Crippen molar-refractivity contribution in [3.63, 3.8) is 0 Å². The van der Waals surface area contributed by atoms with Crippen LogP contribution in [0.4, 0.5) is 0 Å². The molecule has 0 unspecified atom stereocenters. The highest BCUT2D eigenvalue weighted by Gasteiger charge is 2.28. The Labute approximate surface area is 212 Å². The number of rotatable bonds is 13. The predicted octanol–water partition coefficient (Wildman–Crippen LogP) is 5.67. The molecule has 0 aromatic heterocycles. The lowest BCUT2D eigenvalue weighted by molar-refractivity contribution is -0.141. The van der Waals surface area contributed by atoms with Gasteiger partial charge in [0.2, 0.25) is 11.8 Å². The van der Waals surface area contributed by atoms with E-state index in [-0.39, 0.29) is 24.8 Å². The molecular formula is C26H34Cl2N2O4. The van der Waals surface area contributed by atoms with Crippen LogP contribution in [0.2, 0.25) is 10.0 Å². The Hall–Kier alpha value is -2.44. The number of benzene rings is 2. The zero-order valence-corrected chi connectivity index (χ0v) is 21.8. The lowest BCUT2D eigenvalue weighted by Gasteiger charge is -2.31. The van der Waals surface area contributed by atoms with E-state index in [2.05, 4.69) is 12.2 Å². The summed E-state index contributed by atoms with van der Waals surface area (Å²) < 4.78 is 10.7. The largest absolute Gasteiger partial charge is 0.493 e. The van der Waals surface area contributed by atoms with Gasteiger partial charge in [-0.2, -0.15) is 0 Å². The number of hydrogen-bond donors (Lipinski definition) is 1. The summed E-state index contributed by atoms with van der Waals surface area (Å²) in [5.41, 5.74) is 1.76. The second-order valence-electron chi connectivity index (χ2n) is 8.03. The van der Waals surface area contributed by atoms with Gasteiger partial charge in [-0.15, -0.1) is 0 Å². The second kappa shape index (κ2) is 14.1. The maximum atomic E-state index is 13.4. The molecule has 0 radical (unpaired) electrons. The van der Waals surface area contributed by atoms with Crippen LogP contribution in [-0.4, -0.2) is 43.5 Å². The van der Waals surface area contributed by atoms with Gasteiger partial charge in [-0.25, -0.2) is 0 Å². The van der Waals surface area contributed by atoms with E-state index in [1.807, 2.05) is 31.2 Å². The number of carbonyl (C=O) groups is 2. The molecule has 0 aliphatic heterocycles. The topological polar surface area (TPSA) is 67.9 Å². The molecule has 2 amide bonds. The van der Waals surface area contributed by atoms with Crippen LogP contribution < -0.4 is 14.8 Å². The van der Waals surface area contributed by atoms with Crippen molar-refractivity contribution in [2.24, 2.45) is 0 Å². The lowest BCUT2D eigenvalue weighted by atomic mass is 10.1. The Morgan fingerprint density at radius 2 is 1.68 bits per heavy atom. The van der Waals surface area contributed by atoms with Gasteiger partial charge in [0, 0.05) is 19.5 Å². The molecule has 6 nitrogen and oxygen atoms in total. The summed E-state index contributed by atoms with van der Waals surface area (Å²) in [7, 11) is 3.16. The van der Waals surface area contributed by atoms with Crippen LogP contribution in [0.5, 0.6) is 11.5 Å². The zero-order chi connectivity index (χ0) is 25.1. The number of aryl methyl sites for hydroxylation is 1. The Balaban J connectivity index is 2.23. The molecule has 8 heteroatoms. The zero-order valence-electron chi connectivity index (χ0n) is 20.3. The smallest absolute Gasteiger partial charge is 0.242 e. The Bertz CT molecular complexity index is 968. The summed E-state index contributed by atoms with van der Waals surface area (Å²) in [4.78, 5) is 28.0. The first kappa shape index (κ1) is 27.8. The first-order chi connectivity index (χ1) is 16.3. The van der Waals surface area contributed by atoms with Gasteiger partial charge in [-0.1, -0.05) is 55.6 Å². The first-order valence-electron chi connectivity index (χ1n) is 11.6. The molecule has 0 bridgehead atoms. The number of unbranched alkanes of at least 4 members (excludes halogenated alkanes) is 1. The second-order valence-corrected chi connectivity index (χ2v) is 8.84. The molecule has 2 aromatic rings. The minimum atomic E-state index is -0.579. The highest BCUT2D eigenvalue weighted by Crippen LogP contribution is 2.28. The molecule has 2 aromatic carbocycles. The van der Waals surface area contributed by atoms with Crippen LogP contribution in [0.3, 0.4) is 0 Å². The van der Waals surface area contributed by atoms with Gasteiger partial charge in [0.25, 0.3) is 0 Å². The maximum absolute atomic E-state index is 13.4. The van der Waals surface area contributed by atoms with Crippen molar-refractivity contribution in [2.45, 2.75) is 58.5 Å². The molecule has 0 saturated carbocycles. The molecule has 0 fully saturated rings. The van der Waals surface area contributed by atoms with Gasteiger partial charge >= 0.3 is 0 Å². The number of amides is 2. The van der Waals surface area contributed by atoms with Crippen LogP contribution in [0, 0.1) is 0 Å². The summed E-state index contributed by atoms with van der Waals surface area (Å²) in [6, 6.07) is 10.3.